The van der Waals surface area contributed by atoms with Gasteiger partial charge in [0.1, 0.15) is 0 Å². The van der Waals surface area contributed by atoms with E-state index in [-0.39, 0.29) is 16.9 Å². The molecule has 0 bridgehead atoms. The lowest BCUT2D eigenvalue weighted by Gasteiger charge is -2.40. The average Bonchev–Trinajstić information content (AvgIpc) is 2.78. The van der Waals surface area contributed by atoms with Gasteiger partial charge in [-0.15, -0.1) is 0 Å². The van der Waals surface area contributed by atoms with Crippen LogP contribution in [0.2, 0.25) is 10.0 Å². The van der Waals surface area contributed by atoms with Gasteiger partial charge in [0, 0.05) is 14.5 Å². The van der Waals surface area contributed by atoms with Gasteiger partial charge in [0.25, 0.3) is 0 Å². The Labute approximate surface area is 210 Å². The first-order chi connectivity index (χ1) is 15.7. The largest absolute Gasteiger partial charge is 0.478 e. The fourth-order valence-corrected chi connectivity index (χ4v) is 6.45. The molecule has 0 fully saturated rings. The molecular formula is C24H18BrCl2NO4S. The lowest BCUT2D eigenvalue weighted by Crippen LogP contribution is -2.42. The molecule has 9 heteroatoms. The van der Waals surface area contributed by atoms with E-state index in [9.17, 15) is 18.3 Å². The van der Waals surface area contributed by atoms with Crippen LogP contribution in [0.25, 0.3) is 0 Å². The highest BCUT2D eigenvalue weighted by molar-refractivity contribution is 9.10. The summed E-state index contributed by atoms with van der Waals surface area (Å²) in [5, 5.41) is 10.8. The van der Waals surface area contributed by atoms with E-state index in [2.05, 4.69) is 15.9 Å². The highest BCUT2D eigenvalue weighted by atomic mass is 79.9. The number of hydrogen-bond donors (Lipinski definition) is 1. The van der Waals surface area contributed by atoms with E-state index in [1.807, 2.05) is 0 Å². The molecule has 5 nitrogen and oxygen atoms in total. The van der Waals surface area contributed by atoms with Crippen LogP contribution in [0.1, 0.15) is 29.6 Å². The van der Waals surface area contributed by atoms with Crippen molar-refractivity contribution < 1.29 is 18.3 Å². The Bertz CT molecular complexity index is 1340. The third kappa shape index (κ3) is 4.88. The van der Waals surface area contributed by atoms with Crippen molar-refractivity contribution in [1.82, 2.24) is 4.31 Å². The molecule has 4 rings (SSSR count). The average molecular weight is 567 g/mol. The Hall–Kier alpha value is -2.16. The van der Waals surface area contributed by atoms with Crippen molar-refractivity contribution in [2.75, 3.05) is 0 Å². The molecule has 33 heavy (non-hydrogen) atoms. The van der Waals surface area contributed by atoms with Crippen molar-refractivity contribution in [3.05, 3.63) is 110 Å². The summed E-state index contributed by atoms with van der Waals surface area (Å²) in [4.78, 5) is 12.3. The summed E-state index contributed by atoms with van der Waals surface area (Å²) < 4.78 is 30.0. The first-order valence-electron chi connectivity index (χ1n) is 9.92. The summed E-state index contributed by atoms with van der Waals surface area (Å²) in [6, 6.07) is 18.0. The Balaban J connectivity index is 1.98. The van der Waals surface area contributed by atoms with Crippen LogP contribution in [0.5, 0.6) is 0 Å². The second kappa shape index (κ2) is 9.60. The number of rotatable bonds is 5. The number of halogens is 3. The number of carboxylic acids is 1. The predicted molar refractivity (Wildman–Crippen MR) is 132 cm³/mol. The van der Waals surface area contributed by atoms with Crippen LogP contribution >= 0.6 is 39.1 Å². The van der Waals surface area contributed by atoms with Gasteiger partial charge in [-0.2, -0.15) is 4.31 Å². The van der Waals surface area contributed by atoms with Crippen LogP contribution in [0, 0.1) is 0 Å². The lowest BCUT2D eigenvalue weighted by atomic mass is 9.89. The standard InChI is InChI=1S/C24H18BrCl2NO4S/c25-17-7-9-20(10-8-17)33(31,32)28-22(15-3-1-5-18(26)13-15)12-11-21(24(29)30)23(28)16-4-2-6-19(27)14-16/h1-11,13-14,22-23H,12H2,(H,29,30)/t22-,23-/m0/s1. The summed E-state index contributed by atoms with van der Waals surface area (Å²) in [5.41, 5.74) is 1.09. The topological polar surface area (TPSA) is 74.7 Å². The normalized spacial score (nSPS) is 19.2. The van der Waals surface area contributed by atoms with Gasteiger partial charge in [-0.3, -0.25) is 0 Å². The second-order valence-electron chi connectivity index (χ2n) is 7.52. The van der Waals surface area contributed by atoms with E-state index < -0.39 is 28.1 Å². The van der Waals surface area contributed by atoms with Gasteiger partial charge < -0.3 is 5.11 Å². The number of nitrogens with zero attached hydrogens (tertiary/aromatic N) is 1. The third-order valence-electron chi connectivity index (χ3n) is 5.45. The molecule has 0 aliphatic carbocycles. The number of carbonyl (C=O) groups is 1. The van der Waals surface area contributed by atoms with E-state index in [1.54, 1.807) is 66.7 Å². The Morgan fingerprint density at radius 3 is 2.09 bits per heavy atom. The summed E-state index contributed by atoms with van der Waals surface area (Å²) in [7, 11) is -4.14. The maximum atomic E-state index is 14.0. The number of carboxylic acid groups (broad SMARTS) is 1. The van der Waals surface area contributed by atoms with Gasteiger partial charge in [0.2, 0.25) is 10.0 Å². The van der Waals surface area contributed by atoms with Gasteiger partial charge in [0.05, 0.1) is 22.6 Å². The zero-order chi connectivity index (χ0) is 23.8. The van der Waals surface area contributed by atoms with Gasteiger partial charge in [0.15, 0.2) is 0 Å². The zero-order valence-electron chi connectivity index (χ0n) is 17.0. The molecular weight excluding hydrogens is 549 g/mol. The number of benzene rings is 3. The van der Waals surface area contributed by atoms with Crippen LogP contribution in [0.3, 0.4) is 0 Å². The van der Waals surface area contributed by atoms with Gasteiger partial charge in [-0.25, -0.2) is 13.2 Å². The smallest absolute Gasteiger partial charge is 0.333 e. The van der Waals surface area contributed by atoms with E-state index in [1.165, 1.54) is 16.4 Å². The summed E-state index contributed by atoms with van der Waals surface area (Å²) in [6.07, 6.45) is 1.75. The molecule has 1 N–H and O–H groups in total. The van der Waals surface area contributed by atoms with Crippen molar-refractivity contribution >= 4 is 55.1 Å². The van der Waals surface area contributed by atoms with Gasteiger partial charge >= 0.3 is 5.97 Å². The molecule has 170 valence electrons. The van der Waals surface area contributed by atoms with Crippen molar-refractivity contribution in [2.45, 2.75) is 23.4 Å². The van der Waals surface area contributed by atoms with Gasteiger partial charge in [-0.1, -0.05) is 69.5 Å². The first-order valence-corrected chi connectivity index (χ1v) is 12.9. The SMILES string of the molecule is O=C(O)C1=CC[C@@H](c2cccc(Cl)c2)N(S(=O)(=O)c2ccc(Br)cc2)[C@H]1c1cccc(Cl)c1. The molecule has 0 saturated heterocycles. The molecule has 0 spiro atoms. The number of hydrogen-bond acceptors (Lipinski definition) is 3. The molecule has 0 amide bonds. The summed E-state index contributed by atoms with van der Waals surface area (Å²) >= 11 is 15.7. The molecule has 0 saturated carbocycles. The molecule has 0 aromatic heterocycles. The molecule has 0 unspecified atom stereocenters. The van der Waals surface area contributed by atoms with Crippen molar-refractivity contribution in [3.8, 4) is 0 Å². The summed E-state index contributed by atoms with van der Waals surface area (Å²) in [5.74, 6) is -1.19. The first kappa shape index (κ1) is 24.0. The van der Waals surface area contributed by atoms with E-state index >= 15 is 0 Å². The maximum absolute atomic E-state index is 14.0. The Kier molecular flexibility index (Phi) is 6.98. The van der Waals surface area contributed by atoms with Crippen molar-refractivity contribution in [2.24, 2.45) is 0 Å². The lowest BCUT2D eigenvalue weighted by molar-refractivity contribution is -0.133. The van der Waals surface area contributed by atoms with Gasteiger partial charge in [-0.05, 0) is 66.1 Å². The molecule has 3 aromatic carbocycles. The maximum Gasteiger partial charge on any atom is 0.333 e. The molecule has 0 radical (unpaired) electrons. The highest BCUT2D eigenvalue weighted by Gasteiger charge is 2.44. The minimum absolute atomic E-state index is 0.0313. The van der Waals surface area contributed by atoms with Crippen LogP contribution in [0.15, 0.2) is 93.8 Å². The van der Waals surface area contributed by atoms with E-state index in [4.69, 9.17) is 23.2 Å². The van der Waals surface area contributed by atoms with E-state index in [0.717, 1.165) is 4.47 Å². The fraction of sp³-hybridized carbons (Fsp3) is 0.125. The predicted octanol–water partition coefficient (Wildman–Crippen LogP) is 6.64. The molecule has 3 aromatic rings. The van der Waals surface area contributed by atoms with Crippen LogP contribution < -0.4 is 0 Å². The third-order valence-corrected chi connectivity index (χ3v) is 8.34. The van der Waals surface area contributed by atoms with Crippen LogP contribution in [0.4, 0.5) is 0 Å². The molecule has 1 heterocycles. The van der Waals surface area contributed by atoms with Crippen LogP contribution in [-0.4, -0.2) is 23.8 Å². The number of sulfonamides is 1. The Morgan fingerprint density at radius 1 is 0.939 bits per heavy atom. The fourth-order valence-electron chi connectivity index (χ4n) is 4.01. The summed E-state index contributed by atoms with van der Waals surface area (Å²) in [6.45, 7) is 0. The van der Waals surface area contributed by atoms with Crippen LogP contribution in [-0.2, 0) is 14.8 Å². The molecule has 2 atom stereocenters. The minimum atomic E-state index is -4.14. The van der Waals surface area contributed by atoms with Crippen molar-refractivity contribution in [1.29, 1.82) is 0 Å². The molecule has 1 aliphatic rings. The second-order valence-corrected chi connectivity index (χ2v) is 11.1. The quantitative estimate of drug-likeness (QED) is 0.375. The van der Waals surface area contributed by atoms with Crippen molar-refractivity contribution in [3.63, 3.8) is 0 Å². The highest BCUT2D eigenvalue weighted by Crippen LogP contribution is 2.46. The van der Waals surface area contributed by atoms with E-state index in [0.29, 0.717) is 21.2 Å². The molecule has 1 aliphatic heterocycles. The minimum Gasteiger partial charge on any atom is -0.478 e. The number of aliphatic carboxylic acids is 1. The monoisotopic (exact) mass is 565 g/mol. The zero-order valence-corrected chi connectivity index (χ0v) is 20.9. The Morgan fingerprint density at radius 2 is 1.52 bits per heavy atom.